The average Bonchev–Trinajstić information content (AvgIpc) is 3.54. The summed E-state index contributed by atoms with van der Waals surface area (Å²) in [7, 11) is -3.66. The lowest BCUT2D eigenvalue weighted by molar-refractivity contribution is 0.344. The van der Waals surface area contributed by atoms with Gasteiger partial charge in [0.25, 0.3) is 0 Å². The predicted octanol–water partition coefficient (Wildman–Crippen LogP) is 4.71. The van der Waals surface area contributed by atoms with E-state index in [1.807, 2.05) is 66.1 Å². The molecule has 0 radical (unpaired) electrons. The topological polar surface area (TPSA) is 67.2 Å². The molecule has 1 N–H and O–H groups in total. The quantitative estimate of drug-likeness (QED) is 0.399. The number of rotatable bonds is 10. The summed E-state index contributed by atoms with van der Waals surface area (Å²) in [6.45, 7) is 8.01. The smallest absolute Gasteiger partial charge is 0.228 e. The summed E-state index contributed by atoms with van der Waals surface area (Å²) < 4.78 is 28.9. The Morgan fingerprint density at radius 1 is 1.11 bits per heavy atom. The maximum Gasteiger partial charge on any atom is 0.228 e. The summed E-state index contributed by atoms with van der Waals surface area (Å²) in [6, 6.07) is 18.0. The van der Waals surface area contributed by atoms with Gasteiger partial charge in [0.05, 0.1) is 30.7 Å². The summed E-state index contributed by atoms with van der Waals surface area (Å²) >= 11 is 5.73. The molecule has 35 heavy (non-hydrogen) atoms. The fraction of sp³-hybridized carbons (Fsp3) is 0.407. The van der Waals surface area contributed by atoms with E-state index in [-0.39, 0.29) is 10.9 Å². The second-order valence-electron chi connectivity index (χ2n) is 9.85. The largest absolute Gasteiger partial charge is 0.360 e. The third-order valence-corrected chi connectivity index (χ3v) is 7.94. The lowest BCUT2D eigenvalue weighted by Gasteiger charge is -2.28. The van der Waals surface area contributed by atoms with Gasteiger partial charge in [0.15, 0.2) is 5.11 Å². The van der Waals surface area contributed by atoms with E-state index in [1.54, 1.807) is 6.20 Å². The normalized spacial score (nSPS) is 13.7. The Bertz CT molecular complexity index is 1250. The first-order valence-electron chi connectivity index (χ1n) is 12.1. The van der Waals surface area contributed by atoms with Gasteiger partial charge in [-0.2, -0.15) is 0 Å². The number of sulfone groups is 1. The molecular formula is C27H34N4O2S2. The molecule has 0 amide bonds. The number of nitrogens with one attached hydrogen (secondary N) is 1. The van der Waals surface area contributed by atoms with Crippen molar-refractivity contribution >= 4 is 27.2 Å². The molecule has 0 spiro atoms. The van der Waals surface area contributed by atoms with E-state index in [0.717, 1.165) is 46.9 Å². The maximum absolute atomic E-state index is 13.5. The van der Waals surface area contributed by atoms with Crippen LogP contribution in [0, 0.1) is 12.8 Å². The van der Waals surface area contributed by atoms with Gasteiger partial charge in [0, 0.05) is 12.6 Å². The molecule has 1 aliphatic carbocycles. The van der Waals surface area contributed by atoms with Crippen LogP contribution in [-0.4, -0.2) is 40.6 Å². The molecule has 1 heterocycles. The van der Waals surface area contributed by atoms with Gasteiger partial charge in [-0.1, -0.05) is 74.0 Å². The van der Waals surface area contributed by atoms with Crippen molar-refractivity contribution in [1.82, 2.24) is 19.8 Å². The highest BCUT2D eigenvalue weighted by molar-refractivity contribution is 7.90. The molecule has 3 aromatic rings. The molecule has 0 bridgehead atoms. The SMILES string of the molecule is Cc1ccc(CS(=O)(=O)c2ncc(CN(CC(C)C)C(=S)NC3CC3)n2Cc2ccccc2)cc1. The molecule has 0 atom stereocenters. The van der Waals surface area contributed by atoms with Crippen molar-refractivity contribution in [2.45, 2.75) is 63.7 Å². The molecule has 1 fully saturated rings. The zero-order valence-electron chi connectivity index (χ0n) is 20.6. The van der Waals surface area contributed by atoms with Gasteiger partial charge in [0.2, 0.25) is 15.0 Å². The second kappa shape index (κ2) is 10.9. The summed E-state index contributed by atoms with van der Waals surface area (Å²) in [6.07, 6.45) is 3.98. The monoisotopic (exact) mass is 510 g/mol. The van der Waals surface area contributed by atoms with E-state index in [1.165, 1.54) is 0 Å². The Hall–Kier alpha value is -2.71. The Kier molecular flexibility index (Phi) is 7.91. The molecule has 0 aliphatic heterocycles. The highest BCUT2D eigenvalue weighted by Crippen LogP contribution is 2.23. The molecule has 1 aromatic heterocycles. The summed E-state index contributed by atoms with van der Waals surface area (Å²) in [4.78, 5) is 6.58. The number of imidazole rings is 1. The van der Waals surface area contributed by atoms with Crippen LogP contribution < -0.4 is 5.32 Å². The minimum atomic E-state index is -3.66. The Balaban J connectivity index is 1.66. The van der Waals surface area contributed by atoms with Crippen LogP contribution in [0.25, 0.3) is 0 Å². The van der Waals surface area contributed by atoms with Gasteiger partial charge in [-0.15, -0.1) is 0 Å². The van der Waals surface area contributed by atoms with Gasteiger partial charge in [-0.3, -0.25) is 0 Å². The molecule has 8 heteroatoms. The van der Waals surface area contributed by atoms with Crippen molar-refractivity contribution in [3.8, 4) is 0 Å². The van der Waals surface area contributed by atoms with Crippen molar-refractivity contribution in [3.05, 3.63) is 83.2 Å². The van der Waals surface area contributed by atoms with Crippen molar-refractivity contribution < 1.29 is 8.42 Å². The molecule has 0 saturated heterocycles. The van der Waals surface area contributed by atoms with Gasteiger partial charge in [0.1, 0.15) is 0 Å². The van der Waals surface area contributed by atoms with Crippen LogP contribution in [0.15, 0.2) is 66.0 Å². The highest BCUT2D eigenvalue weighted by Gasteiger charge is 2.27. The first kappa shape index (κ1) is 25.4. The van der Waals surface area contributed by atoms with Crippen LogP contribution in [0.5, 0.6) is 0 Å². The minimum Gasteiger partial charge on any atom is -0.360 e. The second-order valence-corrected chi connectivity index (χ2v) is 12.1. The summed E-state index contributed by atoms with van der Waals surface area (Å²) in [5.74, 6) is 0.319. The van der Waals surface area contributed by atoms with Crippen LogP contribution in [0.4, 0.5) is 0 Å². The maximum atomic E-state index is 13.5. The zero-order chi connectivity index (χ0) is 25.0. The number of nitrogens with zero attached hydrogens (tertiary/aromatic N) is 3. The minimum absolute atomic E-state index is 0.0874. The lowest BCUT2D eigenvalue weighted by atomic mass is 10.2. The molecular weight excluding hydrogens is 476 g/mol. The average molecular weight is 511 g/mol. The van der Waals surface area contributed by atoms with Crippen LogP contribution in [0.1, 0.15) is 49.1 Å². The van der Waals surface area contributed by atoms with Crippen molar-refractivity contribution in [1.29, 1.82) is 0 Å². The van der Waals surface area contributed by atoms with Gasteiger partial charge >= 0.3 is 0 Å². The van der Waals surface area contributed by atoms with Crippen molar-refractivity contribution in [2.75, 3.05) is 6.54 Å². The summed E-state index contributed by atoms with van der Waals surface area (Å²) in [5, 5.41) is 4.25. The molecule has 1 aliphatic rings. The van der Waals surface area contributed by atoms with Crippen LogP contribution in [0.2, 0.25) is 0 Å². The van der Waals surface area contributed by atoms with Gasteiger partial charge < -0.3 is 14.8 Å². The first-order valence-corrected chi connectivity index (χ1v) is 14.2. The number of aryl methyl sites for hydroxylation is 1. The van der Waals surface area contributed by atoms with E-state index in [4.69, 9.17) is 12.2 Å². The van der Waals surface area contributed by atoms with E-state index in [2.05, 4.69) is 29.0 Å². The Labute approximate surface area is 214 Å². The first-order chi connectivity index (χ1) is 16.7. The lowest BCUT2D eigenvalue weighted by Crippen LogP contribution is -2.42. The van der Waals surface area contributed by atoms with Crippen molar-refractivity contribution in [2.24, 2.45) is 5.92 Å². The molecule has 186 valence electrons. The zero-order valence-corrected chi connectivity index (χ0v) is 22.3. The van der Waals surface area contributed by atoms with Crippen LogP contribution in [-0.2, 0) is 28.7 Å². The number of hydrogen-bond donors (Lipinski definition) is 1. The van der Waals surface area contributed by atoms with Crippen LogP contribution >= 0.6 is 12.2 Å². The van der Waals surface area contributed by atoms with Crippen molar-refractivity contribution in [3.63, 3.8) is 0 Å². The Morgan fingerprint density at radius 3 is 2.43 bits per heavy atom. The number of thiocarbonyl (C=S) groups is 1. The number of hydrogen-bond acceptors (Lipinski definition) is 4. The van der Waals surface area contributed by atoms with Crippen LogP contribution in [0.3, 0.4) is 0 Å². The summed E-state index contributed by atoms with van der Waals surface area (Å²) in [5.41, 5.74) is 3.70. The molecule has 6 nitrogen and oxygen atoms in total. The van der Waals surface area contributed by atoms with Gasteiger partial charge in [-0.25, -0.2) is 13.4 Å². The molecule has 0 unspecified atom stereocenters. The van der Waals surface area contributed by atoms with E-state index in [9.17, 15) is 8.42 Å². The fourth-order valence-electron chi connectivity index (χ4n) is 4.02. The standard InChI is InChI=1S/C27H34N4O2S2/c1-20(2)16-30(26(34)29-24-13-14-24)18-25-15-28-27(31(25)17-22-7-5-4-6-8-22)35(32,33)19-23-11-9-21(3)10-12-23/h4-12,15,20,24H,13-14,16-19H2,1-3H3,(H,29,34). The molecule has 4 rings (SSSR count). The number of benzene rings is 2. The van der Waals surface area contributed by atoms with E-state index < -0.39 is 9.84 Å². The highest BCUT2D eigenvalue weighted by atomic mass is 32.2. The van der Waals surface area contributed by atoms with E-state index in [0.29, 0.717) is 25.0 Å². The third-order valence-electron chi connectivity index (χ3n) is 5.97. The van der Waals surface area contributed by atoms with E-state index >= 15 is 0 Å². The fourth-order valence-corrected chi connectivity index (χ4v) is 5.82. The Morgan fingerprint density at radius 2 is 1.80 bits per heavy atom. The molecule has 2 aromatic carbocycles. The predicted molar refractivity (Wildman–Crippen MR) is 144 cm³/mol. The van der Waals surface area contributed by atoms with Gasteiger partial charge in [-0.05, 0) is 49.0 Å². The molecule has 1 saturated carbocycles. The third kappa shape index (κ3) is 6.92. The number of aromatic nitrogens is 2.